The Morgan fingerprint density at radius 2 is 2.26 bits per heavy atom. The average molecular weight is 265 g/mol. The molecular formula is C14H16FNO3. The van der Waals surface area contributed by atoms with E-state index in [0.29, 0.717) is 23.9 Å². The van der Waals surface area contributed by atoms with Gasteiger partial charge in [0.05, 0.1) is 6.10 Å². The van der Waals surface area contributed by atoms with Gasteiger partial charge < -0.3 is 14.8 Å². The molecule has 0 aliphatic carbocycles. The lowest BCUT2D eigenvalue weighted by Crippen LogP contribution is -2.26. The second-order valence-corrected chi connectivity index (χ2v) is 4.57. The highest BCUT2D eigenvalue weighted by atomic mass is 19.1. The van der Waals surface area contributed by atoms with E-state index in [1.54, 1.807) is 26.0 Å². The molecule has 102 valence electrons. The smallest absolute Gasteiger partial charge is 0.287 e. The molecule has 2 rings (SSSR count). The van der Waals surface area contributed by atoms with Crippen LogP contribution in [-0.2, 0) is 0 Å². The third kappa shape index (κ3) is 2.76. The minimum atomic E-state index is -0.483. The molecule has 0 spiro atoms. The van der Waals surface area contributed by atoms with Crippen molar-refractivity contribution in [2.45, 2.75) is 26.4 Å². The van der Waals surface area contributed by atoms with Gasteiger partial charge in [-0.15, -0.1) is 0 Å². The third-order valence-electron chi connectivity index (χ3n) is 2.97. The lowest BCUT2D eigenvalue weighted by molar-refractivity contribution is 0.0919. The van der Waals surface area contributed by atoms with Crippen LogP contribution < -0.4 is 5.32 Å². The van der Waals surface area contributed by atoms with Crippen LogP contribution in [0.2, 0.25) is 0 Å². The molecular weight excluding hydrogens is 249 g/mol. The predicted molar refractivity (Wildman–Crippen MR) is 69.5 cm³/mol. The molecule has 2 aromatic rings. The van der Waals surface area contributed by atoms with Crippen LogP contribution in [0.1, 0.15) is 29.5 Å². The number of aryl methyl sites for hydroxylation is 1. The number of carbonyl (C=O) groups excluding carboxylic acids is 1. The molecule has 0 aliphatic heterocycles. The Hall–Kier alpha value is -1.88. The van der Waals surface area contributed by atoms with Crippen LogP contribution in [0.15, 0.2) is 22.6 Å². The summed E-state index contributed by atoms with van der Waals surface area (Å²) in [5.41, 5.74) is 0.713. The SMILES string of the molecule is Cc1c(C(=O)NCCC(C)O)oc2c(F)cccc12. The van der Waals surface area contributed by atoms with Crippen molar-refractivity contribution in [3.63, 3.8) is 0 Å². The molecule has 1 atom stereocenters. The Morgan fingerprint density at radius 3 is 2.89 bits per heavy atom. The number of hydrogen-bond donors (Lipinski definition) is 2. The fourth-order valence-corrected chi connectivity index (χ4v) is 1.90. The van der Waals surface area contributed by atoms with Crippen molar-refractivity contribution >= 4 is 16.9 Å². The first-order valence-electron chi connectivity index (χ1n) is 6.14. The molecule has 1 aromatic carbocycles. The maximum absolute atomic E-state index is 13.5. The van der Waals surface area contributed by atoms with E-state index >= 15 is 0 Å². The van der Waals surface area contributed by atoms with Gasteiger partial charge in [-0.2, -0.15) is 0 Å². The molecule has 1 amide bonds. The number of halogens is 1. The van der Waals surface area contributed by atoms with E-state index < -0.39 is 17.8 Å². The van der Waals surface area contributed by atoms with Crippen molar-refractivity contribution in [3.05, 3.63) is 35.3 Å². The highest BCUT2D eigenvalue weighted by Crippen LogP contribution is 2.27. The van der Waals surface area contributed by atoms with Crippen LogP contribution >= 0.6 is 0 Å². The van der Waals surface area contributed by atoms with Gasteiger partial charge in [-0.25, -0.2) is 4.39 Å². The van der Waals surface area contributed by atoms with Crippen molar-refractivity contribution in [3.8, 4) is 0 Å². The van der Waals surface area contributed by atoms with Gasteiger partial charge in [0.1, 0.15) is 0 Å². The summed E-state index contributed by atoms with van der Waals surface area (Å²) < 4.78 is 18.8. The molecule has 0 saturated carbocycles. The first kappa shape index (κ1) is 13.5. The average Bonchev–Trinajstić information content (AvgIpc) is 2.68. The summed E-state index contributed by atoms with van der Waals surface area (Å²) >= 11 is 0. The largest absolute Gasteiger partial charge is 0.448 e. The molecule has 1 unspecified atom stereocenters. The fourth-order valence-electron chi connectivity index (χ4n) is 1.90. The van der Waals surface area contributed by atoms with Gasteiger partial charge in [0.2, 0.25) is 0 Å². The monoisotopic (exact) mass is 265 g/mol. The van der Waals surface area contributed by atoms with E-state index in [1.807, 2.05) is 0 Å². The Morgan fingerprint density at radius 1 is 1.53 bits per heavy atom. The number of furan rings is 1. The number of aliphatic hydroxyl groups is 1. The molecule has 1 aromatic heterocycles. The van der Waals surface area contributed by atoms with Crippen molar-refractivity contribution in [1.29, 1.82) is 0 Å². The van der Waals surface area contributed by atoms with Gasteiger partial charge in [-0.3, -0.25) is 4.79 Å². The van der Waals surface area contributed by atoms with E-state index in [-0.39, 0.29) is 11.3 Å². The maximum atomic E-state index is 13.5. The van der Waals surface area contributed by atoms with Crippen molar-refractivity contribution in [1.82, 2.24) is 5.32 Å². The summed E-state index contributed by atoms with van der Waals surface area (Å²) in [7, 11) is 0. The second kappa shape index (κ2) is 5.40. The zero-order chi connectivity index (χ0) is 14.0. The van der Waals surface area contributed by atoms with Crippen molar-refractivity contribution in [2.24, 2.45) is 0 Å². The standard InChI is InChI=1S/C14H16FNO3/c1-8(17)6-7-16-14(18)12-9(2)10-4-3-5-11(15)13(10)19-12/h3-5,8,17H,6-7H2,1-2H3,(H,16,18). The molecule has 5 heteroatoms. The van der Waals surface area contributed by atoms with Gasteiger partial charge in [0.15, 0.2) is 17.2 Å². The Labute approximate surface area is 110 Å². The van der Waals surface area contributed by atoms with Crippen LogP contribution in [0.3, 0.4) is 0 Å². The van der Waals surface area contributed by atoms with Crippen molar-refractivity contribution in [2.75, 3.05) is 6.54 Å². The minimum absolute atomic E-state index is 0.0978. The second-order valence-electron chi connectivity index (χ2n) is 4.57. The molecule has 1 heterocycles. The van der Waals surface area contributed by atoms with Crippen LogP contribution in [-0.4, -0.2) is 23.7 Å². The normalized spacial score (nSPS) is 12.6. The van der Waals surface area contributed by atoms with Gasteiger partial charge in [-0.1, -0.05) is 12.1 Å². The molecule has 0 radical (unpaired) electrons. The van der Waals surface area contributed by atoms with Gasteiger partial charge in [-0.05, 0) is 26.3 Å². The van der Waals surface area contributed by atoms with E-state index in [2.05, 4.69) is 5.32 Å². The van der Waals surface area contributed by atoms with E-state index in [4.69, 9.17) is 9.52 Å². The van der Waals surface area contributed by atoms with Crippen LogP contribution in [0.5, 0.6) is 0 Å². The lowest BCUT2D eigenvalue weighted by Gasteiger charge is -2.05. The predicted octanol–water partition coefficient (Wildman–Crippen LogP) is 2.38. The van der Waals surface area contributed by atoms with Gasteiger partial charge >= 0.3 is 0 Å². The lowest BCUT2D eigenvalue weighted by atomic mass is 10.1. The summed E-state index contributed by atoms with van der Waals surface area (Å²) in [6.07, 6.45) is -0.0196. The zero-order valence-corrected chi connectivity index (χ0v) is 10.9. The number of hydrogen-bond acceptors (Lipinski definition) is 3. The number of para-hydroxylation sites is 1. The van der Waals surface area contributed by atoms with Crippen LogP contribution in [0.25, 0.3) is 11.0 Å². The number of fused-ring (bicyclic) bond motifs is 1. The molecule has 0 bridgehead atoms. The van der Waals surface area contributed by atoms with Crippen LogP contribution in [0.4, 0.5) is 4.39 Å². The molecule has 0 fully saturated rings. The number of nitrogens with one attached hydrogen (secondary N) is 1. The quantitative estimate of drug-likeness (QED) is 0.892. The Balaban J connectivity index is 2.23. The maximum Gasteiger partial charge on any atom is 0.287 e. The first-order valence-corrected chi connectivity index (χ1v) is 6.14. The summed E-state index contributed by atoms with van der Waals surface area (Å²) in [6, 6.07) is 4.58. The summed E-state index contributed by atoms with van der Waals surface area (Å²) in [5.74, 6) is -0.761. The van der Waals surface area contributed by atoms with Gasteiger partial charge in [0, 0.05) is 17.5 Å². The van der Waals surface area contributed by atoms with E-state index in [9.17, 15) is 9.18 Å². The Bertz CT molecular complexity index is 604. The topological polar surface area (TPSA) is 62.5 Å². The highest BCUT2D eigenvalue weighted by molar-refractivity contribution is 5.98. The zero-order valence-electron chi connectivity index (χ0n) is 10.9. The summed E-state index contributed by atoms with van der Waals surface area (Å²) in [4.78, 5) is 11.9. The van der Waals surface area contributed by atoms with Crippen LogP contribution in [0, 0.1) is 12.7 Å². The number of amides is 1. The molecule has 0 aliphatic rings. The van der Waals surface area contributed by atoms with E-state index in [1.165, 1.54) is 6.07 Å². The highest BCUT2D eigenvalue weighted by Gasteiger charge is 2.19. The number of benzene rings is 1. The molecule has 19 heavy (non-hydrogen) atoms. The Kier molecular flexibility index (Phi) is 3.85. The molecule has 0 saturated heterocycles. The van der Waals surface area contributed by atoms with Crippen molar-refractivity contribution < 1.29 is 18.7 Å². The van der Waals surface area contributed by atoms with Gasteiger partial charge in [0.25, 0.3) is 5.91 Å². The van der Waals surface area contributed by atoms with E-state index in [0.717, 1.165) is 0 Å². The summed E-state index contributed by atoms with van der Waals surface area (Å²) in [6.45, 7) is 3.71. The number of carbonyl (C=O) groups is 1. The fraction of sp³-hybridized carbons (Fsp3) is 0.357. The third-order valence-corrected chi connectivity index (χ3v) is 2.97. The summed E-state index contributed by atoms with van der Waals surface area (Å²) in [5, 5.41) is 12.4. The minimum Gasteiger partial charge on any atom is -0.448 e. The molecule has 4 nitrogen and oxygen atoms in total. The molecule has 2 N–H and O–H groups in total. The number of aliphatic hydroxyl groups excluding tert-OH is 1. The number of rotatable bonds is 4. The first-order chi connectivity index (χ1) is 9.00.